The largest absolute Gasteiger partial charge is 0.573 e. The Morgan fingerprint density at radius 1 is 1.13 bits per heavy atom. The third kappa shape index (κ3) is 9.93. The monoisotopic (exact) mass is 352 g/mol. The van der Waals surface area contributed by atoms with E-state index < -0.39 is 6.36 Å². The lowest BCUT2D eigenvalue weighted by Crippen LogP contribution is -2.29. The smallest absolute Gasteiger partial charge is 0.406 e. The van der Waals surface area contributed by atoms with Crippen LogP contribution in [0.2, 0.25) is 0 Å². The normalized spacial score (nSPS) is 11.1. The van der Waals surface area contributed by atoms with Crippen molar-refractivity contribution < 1.29 is 27.4 Å². The molecule has 0 aliphatic rings. The van der Waals surface area contributed by atoms with Crippen LogP contribution in [0, 0.1) is 0 Å². The Kier molecular flexibility index (Phi) is 8.67. The van der Waals surface area contributed by atoms with Crippen LogP contribution in [-0.4, -0.2) is 44.9 Å². The van der Waals surface area contributed by atoms with E-state index >= 15 is 0 Å². The molecule has 130 valence electrons. The van der Waals surface area contributed by atoms with Gasteiger partial charge in [0.05, 0.1) is 13.2 Å². The molecule has 1 aromatic rings. The average Bonchev–Trinajstić information content (AvgIpc) is 2.47. The van der Waals surface area contributed by atoms with Crippen molar-refractivity contribution in [2.24, 2.45) is 0 Å². The molecule has 0 atom stereocenters. The van der Waals surface area contributed by atoms with Gasteiger partial charge in [-0.3, -0.25) is 0 Å². The maximum Gasteiger partial charge on any atom is 0.573 e. The molecule has 5 nitrogen and oxygen atoms in total. The van der Waals surface area contributed by atoms with Crippen molar-refractivity contribution in [3.8, 4) is 5.75 Å². The number of benzene rings is 1. The molecule has 0 aliphatic heterocycles. The van der Waals surface area contributed by atoms with E-state index in [2.05, 4.69) is 15.4 Å². The topological polar surface area (TPSA) is 51.8 Å². The summed E-state index contributed by atoms with van der Waals surface area (Å²) in [7, 11) is 1.61. The van der Waals surface area contributed by atoms with Crippen LogP contribution in [0.1, 0.15) is 6.42 Å². The quantitative estimate of drug-likeness (QED) is 0.526. The standard InChI is InChI=1S/C14H19F3N2O3S/c1-20-9-10-21-8-2-7-18-13(23)19-11-3-5-12(6-4-11)22-14(15,16)17/h3-6H,2,7-10H2,1H3,(H2,18,19,23). The van der Waals surface area contributed by atoms with Crippen molar-refractivity contribution in [1.82, 2.24) is 5.32 Å². The first-order chi connectivity index (χ1) is 10.9. The number of hydrogen-bond donors (Lipinski definition) is 2. The zero-order valence-electron chi connectivity index (χ0n) is 12.6. The van der Waals surface area contributed by atoms with Crippen molar-refractivity contribution in [1.29, 1.82) is 0 Å². The van der Waals surface area contributed by atoms with Crippen molar-refractivity contribution in [3.05, 3.63) is 24.3 Å². The number of halogens is 3. The predicted molar refractivity (Wildman–Crippen MR) is 84.7 cm³/mol. The number of methoxy groups -OCH3 is 1. The Morgan fingerprint density at radius 2 is 1.83 bits per heavy atom. The molecule has 0 fully saturated rings. The third-order valence-electron chi connectivity index (χ3n) is 2.53. The molecular formula is C14H19F3N2O3S. The number of alkyl halides is 3. The van der Waals surface area contributed by atoms with E-state index in [0.717, 1.165) is 6.42 Å². The fourth-order valence-corrected chi connectivity index (χ4v) is 1.76. The fraction of sp³-hybridized carbons (Fsp3) is 0.500. The van der Waals surface area contributed by atoms with Crippen LogP contribution in [0.15, 0.2) is 24.3 Å². The van der Waals surface area contributed by atoms with Crippen molar-refractivity contribution in [3.63, 3.8) is 0 Å². The van der Waals surface area contributed by atoms with E-state index in [-0.39, 0.29) is 5.75 Å². The van der Waals surface area contributed by atoms with Crippen molar-refractivity contribution >= 4 is 23.0 Å². The van der Waals surface area contributed by atoms with E-state index in [1.54, 1.807) is 7.11 Å². The van der Waals surface area contributed by atoms with Gasteiger partial charge in [0.2, 0.25) is 0 Å². The molecule has 0 bridgehead atoms. The average molecular weight is 352 g/mol. The molecule has 0 unspecified atom stereocenters. The van der Waals surface area contributed by atoms with Gasteiger partial charge in [-0.25, -0.2) is 0 Å². The molecule has 0 radical (unpaired) electrons. The van der Waals surface area contributed by atoms with Crippen LogP contribution in [0.5, 0.6) is 5.75 Å². The van der Waals surface area contributed by atoms with Gasteiger partial charge < -0.3 is 24.8 Å². The van der Waals surface area contributed by atoms with Crippen molar-refractivity contribution in [2.75, 3.05) is 38.8 Å². The van der Waals surface area contributed by atoms with Crippen LogP contribution in [0.3, 0.4) is 0 Å². The Labute approximate surface area is 138 Å². The van der Waals surface area contributed by atoms with Gasteiger partial charge in [-0.1, -0.05) is 0 Å². The van der Waals surface area contributed by atoms with Crippen LogP contribution in [0.4, 0.5) is 18.9 Å². The summed E-state index contributed by atoms with van der Waals surface area (Å²) in [4.78, 5) is 0. The van der Waals surface area contributed by atoms with Gasteiger partial charge >= 0.3 is 6.36 Å². The fourth-order valence-electron chi connectivity index (χ4n) is 1.54. The summed E-state index contributed by atoms with van der Waals surface area (Å²) in [6.07, 6.45) is -3.93. The van der Waals surface area contributed by atoms with Gasteiger partial charge in [-0.05, 0) is 42.9 Å². The first-order valence-corrected chi connectivity index (χ1v) is 7.29. The highest BCUT2D eigenvalue weighted by atomic mass is 32.1. The Morgan fingerprint density at radius 3 is 2.43 bits per heavy atom. The van der Waals surface area contributed by atoms with Gasteiger partial charge in [0, 0.05) is 25.9 Å². The molecule has 0 saturated heterocycles. The lowest BCUT2D eigenvalue weighted by atomic mass is 10.3. The summed E-state index contributed by atoms with van der Waals surface area (Å²) in [5.41, 5.74) is 0.563. The first kappa shape index (κ1) is 19.5. The maximum atomic E-state index is 12.0. The number of thiocarbonyl (C=S) groups is 1. The highest BCUT2D eigenvalue weighted by Gasteiger charge is 2.30. The zero-order chi connectivity index (χ0) is 17.1. The molecule has 23 heavy (non-hydrogen) atoms. The van der Waals surface area contributed by atoms with E-state index in [9.17, 15) is 13.2 Å². The second kappa shape index (κ2) is 10.2. The highest BCUT2D eigenvalue weighted by Crippen LogP contribution is 2.23. The molecule has 9 heteroatoms. The Balaban J connectivity index is 2.21. The number of ether oxygens (including phenoxy) is 3. The van der Waals surface area contributed by atoms with Crippen molar-refractivity contribution in [2.45, 2.75) is 12.8 Å². The summed E-state index contributed by atoms with van der Waals surface area (Å²) in [6, 6.07) is 5.32. The second-order valence-corrected chi connectivity index (χ2v) is 4.82. The number of hydrogen-bond acceptors (Lipinski definition) is 4. The van der Waals surface area contributed by atoms with E-state index in [4.69, 9.17) is 21.7 Å². The molecule has 0 heterocycles. The summed E-state index contributed by atoms with van der Waals surface area (Å²) < 4.78 is 50.0. The highest BCUT2D eigenvalue weighted by molar-refractivity contribution is 7.80. The zero-order valence-corrected chi connectivity index (χ0v) is 13.4. The van der Waals surface area contributed by atoms with E-state index in [0.29, 0.717) is 37.2 Å². The molecule has 0 aliphatic carbocycles. The second-order valence-electron chi connectivity index (χ2n) is 4.41. The van der Waals surface area contributed by atoms with Gasteiger partial charge in [0.1, 0.15) is 5.75 Å². The van der Waals surface area contributed by atoms with Crippen LogP contribution < -0.4 is 15.4 Å². The number of nitrogens with one attached hydrogen (secondary N) is 2. The summed E-state index contributed by atoms with van der Waals surface area (Å²) in [6.45, 7) is 2.31. The molecule has 0 saturated carbocycles. The molecule has 0 spiro atoms. The molecule has 0 amide bonds. The van der Waals surface area contributed by atoms with E-state index in [1.165, 1.54) is 24.3 Å². The molecular weight excluding hydrogens is 333 g/mol. The summed E-state index contributed by atoms with van der Waals surface area (Å²) >= 11 is 5.08. The Bertz CT molecular complexity index is 469. The Hall–Kier alpha value is -1.58. The minimum absolute atomic E-state index is 0.282. The van der Waals surface area contributed by atoms with Crippen LogP contribution in [0.25, 0.3) is 0 Å². The minimum atomic E-state index is -4.70. The predicted octanol–water partition coefficient (Wildman–Crippen LogP) is 2.92. The minimum Gasteiger partial charge on any atom is -0.406 e. The van der Waals surface area contributed by atoms with Gasteiger partial charge in [0.25, 0.3) is 0 Å². The van der Waals surface area contributed by atoms with Gasteiger partial charge in [0.15, 0.2) is 5.11 Å². The van der Waals surface area contributed by atoms with Crippen LogP contribution >= 0.6 is 12.2 Å². The lowest BCUT2D eigenvalue weighted by Gasteiger charge is -2.12. The lowest BCUT2D eigenvalue weighted by molar-refractivity contribution is -0.274. The van der Waals surface area contributed by atoms with Crippen LogP contribution in [-0.2, 0) is 9.47 Å². The summed E-state index contributed by atoms with van der Waals surface area (Å²) in [5, 5.41) is 6.22. The van der Waals surface area contributed by atoms with Gasteiger partial charge in [-0.15, -0.1) is 13.2 Å². The molecule has 2 N–H and O–H groups in total. The van der Waals surface area contributed by atoms with E-state index in [1.807, 2.05) is 0 Å². The maximum absolute atomic E-state index is 12.0. The third-order valence-corrected chi connectivity index (χ3v) is 2.77. The number of anilines is 1. The van der Waals surface area contributed by atoms with Gasteiger partial charge in [-0.2, -0.15) is 0 Å². The SMILES string of the molecule is COCCOCCCNC(=S)Nc1ccc(OC(F)(F)F)cc1. The number of rotatable bonds is 9. The molecule has 1 rings (SSSR count). The summed E-state index contributed by atoms with van der Waals surface area (Å²) in [5.74, 6) is -0.282. The first-order valence-electron chi connectivity index (χ1n) is 6.88. The molecule has 0 aromatic heterocycles. The molecule has 1 aromatic carbocycles.